The van der Waals surface area contributed by atoms with Gasteiger partial charge >= 0.3 is 5.97 Å². The lowest BCUT2D eigenvalue weighted by atomic mass is 9.98. The van der Waals surface area contributed by atoms with Gasteiger partial charge in [-0.05, 0) is 95.6 Å². The molecular formula is C39H34N2O5. The molecule has 0 saturated carbocycles. The molecule has 5 aromatic carbocycles. The van der Waals surface area contributed by atoms with Crippen LogP contribution in [0.4, 0.5) is 0 Å². The fourth-order valence-corrected chi connectivity index (χ4v) is 5.55. The molecule has 6 rings (SSSR count). The summed E-state index contributed by atoms with van der Waals surface area (Å²) in [6.45, 7) is 0.546. The molecule has 7 heteroatoms. The van der Waals surface area contributed by atoms with Gasteiger partial charge in [-0.25, -0.2) is 9.78 Å². The predicted molar refractivity (Wildman–Crippen MR) is 181 cm³/mol. The fraction of sp³-hybridized carbons (Fsp3) is 0.128. The molecule has 230 valence electrons. The summed E-state index contributed by atoms with van der Waals surface area (Å²) in [7, 11) is 6.38. The Balaban J connectivity index is 1.50. The van der Waals surface area contributed by atoms with Crippen LogP contribution in [0.15, 0.2) is 121 Å². The number of methoxy groups -OCH3 is 4. The maximum absolute atomic E-state index is 12.4. The van der Waals surface area contributed by atoms with Crippen LogP contribution in [0.1, 0.15) is 15.9 Å². The molecule has 0 saturated heterocycles. The van der Waals surface area contributed by atoms with E-state index in [-0.39, 0.29) is 5.97 Å². The van der Waals surface area contributed by atoms with E-state index in [0.29, 0.717) is 12.1 Å². The molecule has 46 heavy (non-hydrogen) atoms. The van der Waals surface area contributed by atoms with Crippen molar-refractivity contribution in [3.63, 3.8) is 0 Å². The third-order valence-corrected chi connectivity index (χ3v) is 7.98. The predicted octanol–water partition coefficient (Wildman–Crippen LogP) is 8.41. The zero-order valence-electron chi connectivity index (χ0n) is 26.2. The Morgan fingerprint density at radius 3 is 1.63 bits per heavy atom. The van der Waals surface area contributed by atoms with Crippen molar-refractivity contribution in [2.45, 2.75) is 6.54 Å². The maximum atomic E-state index is 12.4. The average molecular weight is 611 g/mol. The van der Waals surface area contributed by atoms with Gasteiger partial charge < -0.3 is 23.5 Å². The first kappa shape index (κ1) is 30.2. The number of rotatable bonds is 10. The summed E-state index contributed by atoms with van der Waals surface area (Å²) in [5.41, 5.74) is 8.10. The van der Waals surface area contributed by atoms with Crippen LogP contribution in [0, 0.1) is 0 Å². The van der Waals surface area contributed by atoms with Gasteiger partial charge in [0.15, 0.2) is 0 Å². The minimum absolute atomic E-state index is 0.363. The highest BCUT2D eigenvalue weighted by atomic mass is 16.5. The van der Waals surface area contributed by atoms with E-state index in [9.17, 15) is 4.79 Å². The first-order valence-corrected chi connectivity index (χ1v) is 14.8. The monoisotopic (exact) mass is 610 g/mol. The minimum Gasteiger partial charge on any atom is -0.497 e. The molecule has 0 atom stereocenters. The molecule has 0 aliphatic rings. The van der Waals surface area contributed by atoms with E-state index in [2.05, 4.69) is 28.8 Å². The van der Waals surface area contributed by atoms with E-state index in [1.165, 1.54) is 7.11 Å². The molecule has 0 N–H and O–H groups in total. The molecule has 0 fully saturated rings. The number of benzene rings is 5. The maximum Gasteiger partial charge on any atom is 0.338 e. The van der Waals surface area contributed by atoms with E-state index < -0.39 is 0 Å². The molecule has 6 aromatic rings. The molecule has 0 bridgehead atoms. The molecule has 0 aliphatic carbocycles. The van der Waals surface area contributed by atoms with E-state index in [1.54, 1.807) is 27.4 Å². The van der Waals surface area contributed by atoms with Crippen LogP contribution in [-0.2, 0) is 11.3 Å². The summed E-state index contributed by atoms with van der Waals surface area (Å²) in [6.07, 6.45) is 0. The van der Waals surface area contributed by atoms with Crippen molar-refractivity contribution in [2.75, 3.05) is 28.4 Å². The second-order valence-corrected chi connectivity index (χ2v) is 10.6. The Morgan fingerprint density at radius 1 is 0.587 bits per heavy atom. The van der Waals surface area contributed by atoms with Gasteiger partial charge in [-0.2, -0.15) is 0 Å². The largest absolute Gasteiger partial charge is 0.497 e. The van der Waals surface area contributed by atoms with Gasteiger partial charge in [0.25, 0.3) is 0 Å². The van der Waals surface area contributed by atoms with Crippen molar-refractivity contribution < 1.29 is 23.7 Å². The van der Waals surface area contributed by atoms with E-state index in [4.69, 9.17) is 23.9 Å². The fourth-order valence-electron chi connectivity index (χ4n) is 5.55. The van der Waals surface area contributed by atoms with E-state index in [0.717, 1.165) is 67.8 Å². The number of carbonyl (C=O) groups excluding carboxylic acids is 1. The second kappa shape index (κ2) is 13.4. The molecule has 7 nitrogen and oxygen atoms in total. The standard InChI is InChI=1S/C39H34N2O5/c1-43-31-19-13-28(14-20-31)36-37(29-15-21-32(44-2)22-16-29)41(38(40-36)30-17-23-33(45-3)24-18-30)25-26-9-11-27(12-10-26)34-7-5-6-8-35(34)39(42)46-4/h5-24H,25H2,1-4H3. The highest BCUT2D eigenvalue weighted by molar-refractivity contribution is 5.97. The first-order valence-electron chi connectivity index (χ1n) is 14.8. The number of carbonyl (C=O) groups is 1. The molecule has 1 aromatic heterocycles. The van der Waals surface area contributed by atoms with Crippen molar-refractivity contribution in [1.82, 2.24) is 9.55 Å². The lowest BCUT2D eigenvalue weighted by Gasteiger charge is -2.15. The van der Waals surface area contributed by atoms with Gasteiger partial charge in [0.2, 0.25) is 0 Å². The topological polar surface area (TPSA) is 71.8 Å². The summed E-state index contributed by atoms with van der Waals surface area (Å²) >= 11 is 0. The number of hydrogen-bond acceptors (Lipinski definition) is 6. The highest BCUT2D eigenvalue weighted by Crippen LogP contribution is 2.38. The minimum atomic E-state index is -0.363. The quantitative estimate of drug-likeness (QED) is 0.145. The molecule has 0 radical (unpaired) electrons. The van der Waals surface area contributed by atoms with Gasteiger partial charge in [0.1, 0.15) is 23.1 Å². The number of ether oxygens (including phenoxy) is 4. The van der Waals surface area contributed by atoms with Crippen LogP contribution in [-0.4, -0.2) is 44.0 Å². The summed E-state index contributed by atoms with van der Waals surface area (Å²) in [5, 5.41) is 0. The molecule has 0 amide bonds. The molecule has 1 heterocycles. The van der Waals surface area contributed by atoms with Gasteiger partial charge in [-0.1, -0.05) is 42.5 Å². The Kier molecular flexibility index (Phi) is 8.83. The number of imidazole rings is 1. The van der Waals surface area contributed by atoms with Crippen LogP contribution in [0.25, 0.3) is 45.0 Å². The van der Waals surface area contributed by atoms with Gasteiger partial charge in [0, 0.05) is 23.2 Å². The zero-order chi connectivity index (χ0) is 32.0. The summed E-state index contributed by atoms with van der Waals surface area (Å²) in [6, 6.07) is 39.7. The number of esters is 1. The third-order valence-electron chi connectivity index (χ3n) is 7.98. The van der Waals surface area contributed by atoms with Crippen molar-refractivity contribution in [1.29, 1.82) is 0 Å². The third kappa shape index (κ3) is 6.08. The molecular weight excluding hydrogens is 576 g/mol. The van der Waals surface area contributed by atoms with E-state index in [1.807, 2.05) is 91.0 Å². The van der Waals surface area contributed by atoms with Crippen LogP contribution in [0.3, 0.4) is 0 Å². The average Bonchev–Trinajstić information content (AvgIpc) is 3.50. The number of hydrogen-bond donors (Lipinski definition) is 0. The van der Waals surface area contributed by atoms with Crippen molar-refractivity contribution in [2.24, 2.45) is 0 Å². The lowest BCUT2D eigenvalue weighted by molar-refractivity contribution is 0.0601. The SMILES string of the molecule is COC(=O)c1ccccc1-c1ccc(Cn2c(-c3ccc(OC)cc3)nc(-c3ccc(OC)cc3)c2-c2ccc(OC)cc2)cc1. The Morgan fingerprint density at radius 2 is 1.09 bits per heavy atom. The van der Waals surface area contributed by atoms with Gasteiger partial charge in [0.05, 0.1) is 45.4 Å². The summed E-state index contributed by atoms with van der Waals surface area (Å²) in [5.74, 6) is 2.78. The van der Waals surface area contributed by atoms with Crippen LogP contribution in [0.2, 0.25) is 0 Å². The van der Waals surface area contributed by atoms with Crippen LogP contribution in [0.5, 0.6) is 17.2 Å². The Hall–Kier alpha value is -5.82. The summed E-state index contributed by atoms with van der Waals surface area (Å²) < 4.78 is 23.6. The second-order valence-electron chi connectivity index (χ2n) is 10.6. The molecule has 0 spiro atoms. The van der Waals surface area contributed by atoms with E-state index >= 15 is 0 Å². The number of aromatic nitrogens is 2. The zero-order valence-corrected chi connectivity index (χ0v) is 26.2. The lowest BCUT2D eigenvalue weighted by Crippen LogP contribution is -2.05. The van der Waals surface area contributed by atoms with Crippen molar-refractivity contribution >= 4 is 5.97 Å². The van der Waals surface area contributed by atoms with Gasteiger partial charge in [-0.3, -0.25) is 0 Å². The molecule has 0 unspecified atom stereocenters. The Bertz CT molecular complexity index is 1940. The Labute approximate surface area is 268 Å². The molecule has 0 aliphatic heterocycles. The summed E-state index contributed by atoms with van der Waals surface area (Å²) in [4.78, 5) is 17.7. The smallest absolute Gasteiger partial charge is 0.338 e. The number of nitrogens with zero attached hydrogens (tertiary/aromatic N) is 2. The van der Waals surface area contributed by atoms with Crippen molar-refractivity contribution in [3.05, 3.63) is 132 Å². The first-order chi connectivity index (χ1) is 22.5. The van der Waals surface area contributed by atoms with Crippen molar-refractivity contribution in [3.8, 4) is 62.3 Å². The normalized spacial score (nSPS) is 10.8. The van der Waals surface area contributed by atoms with Crippen LogP contribution >= 0.6 is 0 Å². The highest BCUT2D eigenvalue weighted by Gasteiger charge is 2.22. The van der Waals surface area contributed by atoms with Crippen LogP contribution < -0.4 is 14.2 Å². The van der Waals surface area contributed by atoms with Gasteiger partial charge in [-0.15, -0.1) is 0 Å².